The number of carbonyl (C=O) groups excluding carboxylic acids is 2. The number of ether oxygens (including phenoxy) is 1. The van der Waals surface area contributed by atoms with Crippen LogP contribution in [0.3, 0.4) is 0 Å². The summed E-state index contributed by atoms with van der Waals surface area (Å²) in [5.74, 6) is 1.52. The molecule has 0 unspecified atom stereocenters. The van der Waals surface area contributed by atoms with Crippen molar-refractivity contribution in [3.63, 3.8) is 0 Å². The highest BCUT2D eigenvalue weighted by Crippen LogP contribution is 2.33. The van der Waals surface area contributed by atoms with E-state index in [4.69, 9.17) is 9.72 Å². The van der Waals surface area contributed by atoms with Crippen molar-refractivity contribution in [2.24, 2.45) is 0 Å². The Kier molecular flexibility index (Phi) is 7.28. The first-order chi connectivity index (χ1) is 18.0. The zero-order valence-corrected chi connectivity index (χ0v) is 21.1. The first-order valence-electron chi connectivity index (χ1n) is 12.5. The number of nitrogens with zero attached hydrogens (tertiary/aromatic N) is 4. The van der Waals surface area contributed by atoms with Crippen LogP contribution in [-0.2, 0) is 4.79 Å². The molecule has 1 amide bonds. The van der Waals surface area contributed by atoms with Crippen LogP contribution in [-0.4, -0.2) is 53.3 Å². The summed E-state index contributed by atoms with van der Waals surface area (Å²) >= 11 is 0. The summed E-state index contributed by atoms with van der Waals surface area (Å²) in [6.45, 7) is 4.53. The van der Waals surface area contributed by atoms with E-state index in [1.54, 1.807) is 26.4 Å². The van der Waals surface area contributed by atoms with E-state index in [2.05, 4.69) is 32.7 Å². The van der Waals surface area contributed by atoms with Gasteiger partial charge in [0.1, 0.15) is 17.4 Å². The fourth-order valence-electron chi connectivity index (χ4n) is 4.86. The molecule has 1 radical (unpaired) electrons. The number of nitrogens with one attached hydrogen (secondary N) is 1. The maximum atomic E-state index is 12.7. The van der Waals surface area contributed by atoms with E-state index in [-0.39, 0.29) is 11.7 Å². The number of anilines is 2. The molecule has 1 aromatic carbocycles. The lowest BCUT2D eigenvalue weighted by Crippen LogP contribution is -2.34. The fraction of sp³-hybridized carbons (Fsp3) is 0.310. The molecule has 37 heavy (non-hydrogen) atoms. The van der Waals surface area contributed by atoms with Crippen molar-refractivity contribution in [1.82, 2.24) is 20.2 Å². The van der Waals surface area contributed by atoms with Gasteiger partial charge in [0.2, 0.25) is 0 Å². The number of amides is 1. The molecule has 2 aliphatic rings. The second-order valence-electron chi connectivity index (χ2n) is 9.50. The Morgan fingerprint density at radius 3 is 2.65 bits per heavy atom. The summed E-state index contributed by atoms with van der Waals surface area (Å²) in [4.78, 5) is 35.3. The van der Waals surface area contributed by atoms with Gasteiger partial charge in [0.05, 0.1) is 24.6 Å². The second-order valence-corrected chi connectivity index (χ2v) is 9.50. The van der Waals surface area contributed by atoms with E-state index in [1.165, 1.54) is 11.8 Å². The molecule has 0 atom stereocenters. The maximum absolute atomic E-state index is 12.7. The number of carbonyl (C=O) groups is 2. The molecule has 2 aromatic heterocycles. The quantitative estimate of drug-likeness (QED) is 0.479. The molecular formula is C29H30N5O3. The highest BCUT2D eigenvalue weighted by atomic mass is 16.5. The number of benzene rings is 1. The fourth-order valence-corrected chi connectivity index (χ4v) is 4.86. The predicted octanol–water partition coefficient (Wildman–Crippen LogP) is 4.78. The van der Waals surface area contributed by atoms with E-state index in [9.17, 15) is 9.59 Å². The van der Waals surface area contributed by atoms with Crippen LogP contribution in [0.4, 0.5) is 11.5 Å². The number of piperidine rings is 1. The van der Waals surface area contributed by atoms with Gasteiger partial charge < -0.3 is 15.0 Å². The topological polar surface area (TPSA) is 98.5 Å². The van der Waals surface area contributed by atoms with Crippen LogP contribution in [0.25, 0.3) is 17.3 Å². The highest BCUT2D eigenvalue weighted by molar-refractivity contribution is 6.05. The standard InChI is InChI=1S/C29H30N5O3/c1-19(35)8-12-34-13-9-21(10-14-34)20-3-5-24(6-4-20)32-28-27-22(7-11-31-29(27)36)16-26(33-28)23-15-25(37-2)18-30-17-23/h3-7,11,15-18,21H,8-10,12-14H2,1-2H3,(H,32,33). The maximum Gasteiger partial charge on any atom is 0.281 e. The lowest BCUT2D eigenvalue weighted by atomic mass is 9.89. The molecule has 189 valence electrons. The molecule has 0 bridgehead atoms. The van der Waals surface area contributed by atoms with Gasteiger partial charge in [0, 0.05) is 36.6 Å². The summed E-state index contributed by atoms with van der Waals surface area (Å²) in [6, 6.07) is 12.1. The summed E-state index contributed by atoms with van der Waals surface area (Å²) < 4.78 is 5.32. The zero-order chi connectivity index (χ0) is 25.8. The molecule has 0 spiro atoms. The Morgan fingerprint density at radius 2 is 1.92 bits per heavy atom. The number of aromatic nitrogens is 2. The first kappa shape index (κ1) is 24.6. The van der Waals surface area contributed by atoms with Crippen LogP contribution in [0, 0.1) is 0 Å². The molecule has 3 aromatic rings. The molecule has 4 heterocycles. The lowest BCUT2D eigenvalue weighted by molar-refractivity contribution is -0.117. The van der Waals surface area contributed by atoms with Crippen molar-refractivity contribution in [1.29, 1.82) is 0 Å². The molecule has 8 heteroatoms. The van der Waals surface area contributed by atoms with Gasteiger partial charge >= 0.3 is 0 Å². The minimum atomic E-state index is -0.323. The largest absolute Gasteiger partial charge is 0.495 e. The molecule has 8 nitrogen and oxygen atoms in total. The van der Waals surface area contributed by atoms with Gasteiger partial charge in [-0.05, 0) is 80.2 Å². The minimum Gasteiger partial charge on any atom is -0.495 e. The number of hydrogen-bond acceptors (Lipinski definition) is 7. The number of ketones is 1. The van der Waals surface area contributed by atoms with Crippen LogP contribution in [0.1, 0.15) is 53.6 Å². The molecule has 1 fully saturated rings. The third kappa shape index (κ3) is 5.70. The van der Waals surface area contributed by atoms with Gasteiger partial charge in [-0.3, -0.25) is 14.6 Å². The third-order valence-corrected chi connectivity index (χ3v) is 6.97. The number of methoxy groups -OCH3 is 1. The summed E-state index contributed by atoms with van der Waals surface area (Å²) in [5.41, 5.74) is 4.82. The number of fused-ring (bicyclic) bond motifs is 1. The summed E-state index contributed by atoms with van der Waals surface area (Å²) in [5, 5.41) is 7.30. The molecule has 1 N–H and O–H groups in total. The van der Waals surface area contributed by atoms with E-state index in [0.29, 0.717) is 35.2 Å². The zero-order valence-electron chi connectivity index (χ0n) is 21.1. The number of likely N-dealkylation sites (tertiary alicyclic amines) is 1. The van der Waals surface area contributed by atoms with Crippen LogP contribution in [0.5, 0.6) is 5.75 Å². The lowest BCUT2D eigenvalue weighted by Gasteiger charge is -2.32. The van der Waals surface area contributed by atoms with Crippen LogP contribution in [0.2, 0.25) is 0 Å². The van der Waals surface area contributed by atoms with Gasteiger partial charge in [-0.25, -0.2) is 10.3 Å². The number of rotatable bonds is 8. The molecule has 0 saturated carbocycles. The Balaban J connectivity index is 1.35. The normalized spacial score (nSPS) is 15.7. The number of Topliss-reactive ketones (excluding diaryl/α,β-unsaturated/α-hetero) is 1. The van der Waals surface area contributed by atoms with Crippen molar-refractivity contribution in [3.8, 4) is 17.0 Å². The van der Waals surface area contributed by atoms with E-state index in [1.807, 2.05) is 30.3 Å². The summed E-state index contributed by atoms with van der Waals surface area (Å²) in [7, 11) is 1.60. The van der Waals surface area contributed by atoms with E-state index >= 15 is 0 Å². The smallest absolute Gasteiger partial charge is 0.281 e. The van der Waals surface area contributed by atoms with Crippen LogP contribution in [0.15, 0.2) is 55.0 Å². The van der Waals surface area contributed by atoms with Crippen LogP contribution >= 0.6 is 0 Å². The average Bonchev–Trinajstić information content (AvgIpc) is 2.92. The van der Waals surface area contributed by atoms with E-state index in [0.717, 1.165) is 49.3 Å². The molecule has 5 rings (SSSR count). The second kappa shape index (κ2) is 10.9. The van der Waals surface area contributed by atoms with Crippen molar-refractivity contribution in [3.05, 3.63) is 71.7 Å². The van der Waals surface area contributed by atoms with Gasteiger partial charge in [0.15, 0.2) is 0 Å². The summed E-state index contributed by atoms with van der Waals surface area (Å²) in [6.07, 6.45) is 9.48. The number of hydrogen-bond donors (Lipinski definition) is 1. The average molecular weight is 497 g/mol. The Labute approximate surface area is 216 Å². The predicted molar refractivity (Wildman–Crippen MR) is 143 cm³/mol. The van der Waals surface area contributed by atoms with Gasteiger partial charge in [-0.2, -0.15) is 0 Å². The molecular weight excluding hydrogens is 466 g/mol. The minimum absolute atomic E-state index is 0.248. The Hall–Kier alpha value is -4.04. The Bertz CT molecular complexity index is 1330. The molecule has 0 aliphatic carbocycles. The van der Waals surface area contributed by atoms with E-state index < -0.39 is 0 Å². The first-order valence-corrected chi connectivity index (χ1v) is 12.5. The Morgan fingerprint density at radius 1 is 1.14 bits per heavy atom. The van der Waals surface area contributed by atoms with Gasteiger partial charge in [0.25, 0.3) is 5.91 Å². The monoisotopic (exact) mass is 496 g/mol. The van der Waals surface area contributed by atoms with Crippen molar-refractivity contribution >= 4 is 29.3 Å². The van der Waals surface area contributed by atoms with Crippen molar-refractivity contribution in [2.45, 2.75) is 32.1 Å². The number of pyridine rings is 2. The van der Waals surface area contributed by atoms with Gasteiger partial charge in [-0.15, -0.1) is 0 Å². The van der Waals surface area contributed by atoms with Crippen molar-refractivity contribution < 1.29 is 14.3 Å². The third-order valence-electron chi connectivity index (χ3n) is 6.97. The SMILES string of the molecule is COc1cncc(-c2cc3c(c(Nc4ccc(C5CCN(CCC(C)=O)CC5)cc4)n2)C(=O)[N]C=C3)c1. The highest BCUT2D eigenvalue weighted by Gasteiger charge is 2.23. The van der Waals surface area contributed by atoms with Crippen LogP contribution < -0.4 is 15.4 Å². The van der Waals surface area contributed by atoms with Gasteiger partial charge in [-0.1, -0.05) is 12.1 Å². The molecule has 2 aliphatic heterocycles. The molecule has 1 saturated heterocycles. The van der Waals surface area contributed by atoms with Crippen molar-refractivity contribution in [2.75, 3.05) is 32.1 Å².